The first-order valence-electron chi connectivity index (χ1n) is 8.37. The Bertz CT molecular complexity index is 564. The van der Waals surface area contributed by atoms with Gasteiger partial charge in [-0.05, 0) is 55.4 Å². The van der Waals surface area contributed by atoms with Gasteiger partial charge in [-0.1, -0.05) is 30.3 Å². The van der Waals surface area contributed by atoms with Crippen LogP contribution in [0.1, 0.15) is 37.7 Å². The lowest BCUT2D eigenvalue weighted by Gasteiger charge is -2.57. The van der Waals surface area contributed by atoms with Crippen LogP contribution >= 0.6 is 0 Å². The van der Waals surface area contributed by atoms with Crippen molar-refractivity contribution in [1.29, 1.82) is 0 Å². The highest BCUT2D eigenvalue weighted by molar-refractivity contribution is 5.78. The second-order valence-electron chi connectivity index (χ2n) is 7.53. The van der Waals surface area contributed by atoms with E-state index in [9.17, 15) is 9.59 Å². The average Bonchev–Trinajstić information content (AvgIpc) is 2.53. The molecule has 3 heteroatoms. The molecule has 1 aromatic carbocycles. The van der Waals surface area contributed by atoms with Gasteiger partial charge in [0.2, 0.25) is 0 Å². The third-order valence-electron chi connectivity index (χ3n) is 6.15. The van der Waals surface area contributed by atoms with Gasteiger partial charge in [-0.3, -0.25) is 4.79 Å². The number of benzene rings is 1. The molecule has 0 amide bonds. The summed E-state index contributed by atoms with van der Waals surface area (Å²) in [6.45, 7) is 0.360. The topological polar surface area (TPSA) is 43.4 Å². The molecule has 4 bridgehead atoms. The fourth-order valence-corrected chi connectivity index (χ4v) is 5.41. The van der Waals surface area contributed by atoms with Crippen LogP contribution in [0, 0.1) is 29.1 Å². The summed E-state index contributed by atoms with van der Waals surface area (Å²) in [4.78, 5) is 24.1. The highest BCUT2D eigenvalue weighted by Crippen LogP contribution is 2.62. The van der Waals surface area contributed by atoms with Crippen molar-refractivity contribution in [2.24, 2.45) is 29.1 Å². The van der Waals surface area contributed by atoms with Crippen LogP contribution in [-0.2, 0) is 20.9 Å². The normalized spacial score (nSPS) is 38.7. The van der Waals surface area contributed by atoms with E-state index in [0.717, 1.165) is 44.0 Å². The highest BCUT2D eigenvalue weighted by atomic mass is 16.5. The molecule has 3 nitrogen and oxygen atoms in total. The van der Waals surface area contributed by atoms with Gasteiger partial charge in [0, 0.05) is 5.92 Å². The van der Waals surface area contributed by atoms with Crippen molar-refractivity contribution in [2.75, 3.05) is 0 Å². The van der Waals surface area contributed by atoms with Crippen molar-refractivity contribution in [3.63, 3.8) is 0 Å². The SMILES string of the molecule is O=CC1C2CC3CC1CC(C(=O)OCc1ccccc1)(C3)C2. The summed E-state index contributed by atoms with van der Waals surface area (Å²) < 4.78 is 5.65. The Morgan fingerprint density at radius 3 is 2.45 bits per heavy atom. The molecule has 0 N–H and O–H groups in total. The van der Waals surface area contributed by atoms with Crippen LogP contribution < -0.4 is 0 Å². The summed E-state index contributed by atoms with van der Waals surface area (Å²) in [5.41, 5.74) is 0.733. The zero-order valence-electron chi connectivity index (χ0n) is 12.7. The number of hydrogen-bond donors (Lipinski definition) is 0. The second kappa shape index (κ2) is 5.22. The van der Waals surface area contributed by atoms with E-state index >= 15 is 0 Å². The Labute approximate surface area is 131 Å². The van der Waals surface area contributed by atoms with Crippen molar-refractivity contribution >= 4 is 12.3 Å². The van der Waals surface area contributed by atoms with Crippen LogP contribution in [0.3, 0.4) is 0 Å². The van der Waals surface area contributed by atoms with E-state index in [1.807, 2.05) is 30.3 Å². The van der Waals surface area contributed by atoms with Gasteiger partial charge in [0.1, 0.15) is 12.9 Å². The van der Waals surface area contributed by atoms with Gasteiger partial charge in [-0.25, -0.2) is 0 Å². The summed E-state index contributed by atoms with van der Waals surface area (Å²) in [6.07, 6.45) is 6.10. The maximum Gasteiger partial charge on any atom is 0.312 e. The zero-order chi connectivity index (χ0) is 15.2. The van der Waals surface area contributed by atoms with Gasteiger partial charge in [0.25, 0.3) is 0 Å². The van der Waals surface area contributed by atoms with E-state index in [0.29, 0.717) is 24.4 Å². The van der Waals surface area contributed by atoms with Crippen molar-refractivity contribution in [3.05, 3.63) is 35.9 Å². The van der Waals surface area contributed by atoms with Gasteiger partial charge in [0.15, 0.2) is 0 Å². The van der Waals surface area contributed by atoms with Crippen molar-refractivity contribution in [1.82, 2.24) is 0 Å². The van der Waals surface area contributed by atoms with Gasteiger partial charge < -0.3 is 9.53 Å². The molecule has 2 unspecified atom stereocenters. The molecule has 22 heavy (non-hydrogen) atoms. The first kappa shape index (κ1) is 14.0. The summed E-state index contributed by atoms with van der Waals surface area (Å²) in [5.74, 6) is 1.60. The van der Waals surface area contributed by atoms with Crippen LogP contribution in [0.15, 0.2) is 30.3 Å². The minimum absolute atomic E-state index is 0.0277. The van der Waals surface area contributed by atoms with E-state index in [2.05, 4.69) is 0 Å². The Balaban J connectivity index is 1.48. The summed E-state index contributed by atoms with van der Waals surface area (Å²) in [7, 11) is 0. The Morgan fingerprint density at radius 1 is 1.14 bits per heavy atom. The molecule has 0 spiro atoms. The minimum atomic E-state index is -0.301. The third-order valence-corrected chi connectivity index (χ3v) is 6.15. The number of carbonyl (C=O) groups excluding carboxylic acids is 2. The maximum atomic E-state index is 12.8. The Kier molecular flexibility index (Phi) is 3.32. The van der Waals surface area contributed by atoms with Crippen LogP contribution in [0.25, 0.3) is 0 Å². The number of esters is 1. The van der Waals surface area contributed by atoms with E-state index in [1.165, 1.54) is 0 Å². The fourth-order valence-electron chi connectivity index (χ4n) is 5.41. The molecule has 4 saturated carbocycles. The molecule has 4 aliphatic carbocycles. The van der Waals surface area contributed by atoms with E-state index in [-0.39, 0.29) is 17.3 Å². The lowest BCUT2D eigenvalue weighted by atomic mass is 9.46. The van der Waals surface area contributed by atoms with Crippen LogP contribution in [0.4, 0.5) is 0 Å². The maximum absolute atomic E-state index is 12.8. The first-order valence-corrected chi connectivity index (χ1v) is 8.37. The average molecular weight is 298 g/mol. The largest absolute Gasteiger partial charge is 0.460 e. The molecule has 5 rings (SSSR count). The van der Waals surface area contributed by atoms with Gasteiger partial charge in [-0.15, -0.1) is 0 Å². The summed E-state index contributed by atoms with van der Waals surface area (Å²) in [5, 5.41) is 0. The molecule has 4 aliphatic rings. The molecule has 1 aromatic rings. The predicted octanol–water partition coefficient (Wildman–Crippen LogP) is 3.37. The molecule has 0 saturated heterocycles. The first-order chi connectivity index (χ1) is 10.7. The molecule has 0 aliphatic heterocycles. The van der Waals surface area contributed by atoms with Crippen LogP contribution in [-0.4, -0.2) is 12.3 Å². The van der Waals surface area contributed by atoms with Gasteiger partial charge in [0.05, 0.1) is 5.41 Å². The minimum Gasteiger partial charge on any atom is -0.460 e. The van der Waals surface area contributed by atoms with Crippen LogP contribution in [0.2, 0.25) is 0 Å². The molecule has 4 fully saturated rings. The molecular weight excluding hydrogens is 276 g/mol. The second-order valence-corrected chi connectivity index (χ2v) is 7.53. The Morgan fingerprint density at radius 2 is 1.82 bits per heavy atom. The van der Waals surface area contributed by atoms with Gasteiger partial charge >= 0.3 is 5.97 Å². The highest BCUT2D eigenvalue weighted by Gasteiger charge is 2.59. The number of rotatable bonds is 4. The monoisotopic (exact) mass is 298 g/mol. The molecule has 2 atom stereocenters. The number of hydrogen-bond acceptors (Lipinski definition) is 3. The van der Waals surface area contributed by atoms with E-state index < -0.39 is 0 Å². The summed E-state index contributed by atoms with van der Waals surface area (Å²) >= 11 is 0. The molecular formula is C19H22O3. The summed E-state index contributed by atoms with van der Waals surface area (Å²) in [6, 6.07) is 9.85. The molecule has 0 heterocycles. The molecule has 116 valence electrons. The number of aldehydes is 1. The van der Waals surface area contributed by atoms with Crippen molar-refractivity contribution in [3.8, 4) is 0 Å². The lowest BCUT2D eigenvalue weighted by Crippen LogP contribution is -2.54. The molecule has 0 radical (unpaired) electrons. The zero-order valence-corrected chi connectivity index (χ0v) is 12.7. The van der Waals surface area contributed by atoms with E-state index in [1.54, 1.807) is 0 Å². The standard InChI is InChI=1S/C19H22O3/c20-11-17-15-6-14-7-16(17)10-19(8-14,9-15)18(21)22-12-13-4-2-1-3-5-13/h1-5,11,14-17H,6-10,12H2. The van der Waals surface area contributed by atoms with Crippen molar-refractivity contribution < 1.29 is 14.3 Å². The van der Waals surface area contributed by atoms with E-state index in [4.69, 9.17) is 4.74 Å². The molecule has 0 aromatic heterocycles. The Hall–Kier alpha value is -1.64. The quantitative estimate of drug-likeness (QED) is 0.632. The lowest BCUT2D eigenvalue weighted by molar-refractivity contribution is -0.178. The fraction of sp³-hybridized carbons (Fsp3) is 0.579. The third kappa shape index (κ3) is 2.18. The number of carbonyl (C=O) groups is 2. The van der Waals surface area contributed by atoms with Crippen molar-refractivity contribution in [2.45, 2.75) is 38.7 Å². The predicted molar refractivity (Wildman–Crippen MR) is 81.8 cm³/mol. The van der Waals surface area contributed by atoms with Gasteiger partial charge in [-0.2, -0.15) is 0 Å². The smallest absolute Gasteiger partial charge is 0.312 e. The van der Waals surface area contributed by atoms with Crippen LogP contribution in [0.5, 0.6) is 0 Å². The number of ether oxygens (including phenoxy) is 1.